The molecule has 0 unspecified atom stereocenters. The Morgan fingerprint density at radius 3 is 2.55 bits per heavy atom. The summed E-state index contributed by atoms with van der Waals surface area (Å²) in [6.07, 6.45) is 0. The number of aliphatic imine (C=N–C) groups is 1. The average Bonchev–Trinajstić information content (AvgIpc) is 3.00. The third kappa shape index (κ3) is 3.42. The number of nitrogens with one attached hydrogen (secondary N) is 2. The number of H-pyrrole nitrogens is 1. The molecule has 0 spiro atoms. The molecular weight excluding hydrogens is 418 g/mol. The van der Waals surface area contributed by atoms with Gasteiger partial charge in [-0.3, -0.25) is 5.10 Å². The molecule has 3 aromatic rings. The van der Waals surface area contributed by atoms with Crippen molar-refractivity contribution < 1.29 is 8.78 Å². The Hall–Kier alpha value is -3.07. The number of pyridine rings is 1. The number of halogens is 2. The molecule has 1 fully saturated rings. The lowest BCUT2D eigenvalue weighted by atomic mass is 10.1. The maximum atomic E-state index is 14.6. The number of rotatable bonds is 2. The zero-order valence-corrected chi connectivity index (χ0v) is 18.1. The third-order valence-electron chi connectivity index (χ3n) is 5.65. The minimum Gasteiger partial charge on any atom is -0.355 e. The minimum atomic E-state index is -0.684. The molecule has 160 valence electrons. The zero-order valence-electron chi connectivity index (χ0n) is 17.3. The highest BCUT2D eigenvalue weighted by Gasteiger charge is 2.27. The number of aromatic nitrogens is 3. The van der Waals surface area contributed by atoms with Gasteiger partial charge in [-0.25, -0.2) is 18.8 Å². The molecule has 1 aromatic carbocycles. The van der Waals surface area contributed by atoms with Crippen molar-refractivity contribution >= 4 is 39.4 Å². The van der Waals surface area contributed by atoms with Gasteiger partial charge in [0.1, 0.15) is 29.0 Å². The van der Waals surface area contributed by atoms with Crippen molar-refractivity contribution in [2.24, 2.45) is 4.99 Å². The maximum Gasteiger partial charge on any atom is 0.144 e. The van der Waals surface area contributed by atoms with Gasteiger partial charge in [0.25, 0.3) is 0 Å². The van der Waals surface area contributed by atoms with Crippen molar-refractivity contribution in [3.05, 3.63) is 52.9 Å². The van der Waals surface area contributed by atoms with Gasteiger partial charge in [-0.1, -0.05) is 11.9 Å². The SMILES string of the molecule is C=S1CCN(c2cc3c(c(C)n2)N=C(c2c(F)cccc2F)Nc2c-3n[nH]c2C)CC1. The van der Waals surface area contributed by atoms with Crippen LogP contribution in [0.15, 0.2) is 29.3 Å². The molecule has 31 heavy (non-hydrogen) atoms. The molecule has 0 aliphatic carbocycles. The van der Waals surface area contributed by atoms with Crippen LogP contribution in [0, 0.1) is 25.5 Å². The Labute approximate surface area is 181 Å². The van der Waals surface area contributed by atoms with Crippen molar-refractivity contribution in [3.63, 3.8) is 0 Å². The van der Waals surface area contributed by atoms with Gasteiger partial charge in [0.15, 0.2) is 0 Å². The third-order valence-corrected chi connectivity index (χ3v) is 7.17. The number of amidine groups is 1. The van der Waals surface area contributed by atoms with Gasteiger partial charge >= 0.3 is 0 Å². The molecular formula is C22H22F2N6S. The van der Waals surface area contributed by atoms with Gasteiger partial charge in [-0.15, -0.1) is 0 Å². The van der Waals surface area contributed by atoms with Crippen LogP contribution in [0.2, 0.25) is 0 Å². The quantitative estimate of drug-likeness (QED) is 0.580. The molecule has 0 bridgehead atoms. The van der Waals surface area contributed by atoms with Crippen LogP contribution in [0.1, 0.15) is 17.0 Å². The predicted molar refractivity (Wildman–Crippen MR) is 124 cm³/mol. The van der Waals surface area contributed by atoms with E-state index in [2.05, 4.69) is 31.3 Å². The van der Waals surface area contributed by atoms with Crippen molar-refractivity contribution in [1.82, 2.24) is 15.2 Å². The smallest absolute Gasteiger partial charge is 0.144 e. The average molecular weight is 441 g/mol. The first-order valence-electron chi connectivity index (χ1n) is 10.0. The van der Waals surface area contributed by atoms with Gasteiger partial charge in [0.05, 0.1) is 28.3 Å². The fraction of sp³-hybridized carbons (Fsp3) is 0.273. The van der Waals surface area contributed by atoms with E-state index in [1.165, 1.54) is 18.2 Å². The van der Waals surface area contributed by atoms with Crippen LogP contribution < -0.4 is 10.2 Å². The number of aromatic amines is 1. The highest BCUT2D eigenvalue weighted by molar-refractivity contribution is 8.14. The molecule has 9 heteroatoms. The van der Waals surface area contributed by atoms with Gasteiger partial charge in [0, 0.05) is 30.2 Å². The van der Waals surface area contributed by atoms with E-state index in [0.29, 0.717) is 22.8 Å². The Morgan fingerprint density at radius 1 is 1.13 bits per heavy atom. The molecule has 1 saturated heterocycles. The van der Waals surface area contributed by atoms with Crippen molar-refractivity contribution in [1.29, 1.82) is 0 Å². The van der Waals surface area contributed by atoms with Gasteiger partial charge in [0.2, 0.25) is 0 Å². The number of aryl methyl sites for hydroxylation is 2. The lowest BCUT2D eigenvalue weighted by Gasteiger charge is -2.30. The molecule has 2 N–H and O–H groups in total. The number of benzene rings is 1. The molecule has 0 atom stereocenters. The number of hydrogen-bond acceptors (Lipinski definition) is 5. The number of nitrogens with zero attached hydrogens (tertiary/aromatic N) is 4. The normalized spacial score (nSPS) is 16.3. The van der Waals surface area contributed by atoms with Crippen molar-refractivity contribution in [2.75, 3.05) is 34.8 Å². The highest BCUT2D eigenvalue weighted by atomic mass is 32.2. The fourth-order valence-electron chi connectivity index (χ4n) is 3.93. The second-order valence-corrected chi connectivity index (χ2v) is 9.77. The van der Waals surface area contributed by atoms with Crippen LogP contribution in [0.4, 0.5) is 26.0 Å². The van der Waals surface area contributed by atoms with E-state index < -0.39 is 11.6 Å². The van der Waals surface area contributed by atoms with Crippen molar-refractivity contribution in [2.45, 2.75) is 13.8 Å². The minimum absolute atomic E-state index is 0.0943. The van der Waals surface area contributed by atoms with E-state index in [1.54, 1.807) is 0 Å². The first kappa shape index (κ1) is 19.9. The highest BCUT2D eigenvalue weighted by Crippen LogP contribution is 2.42. The predicted octanol–water partition coefficient (Wildman–Crippen LogP) is 4.39. The molecule has 2 aliphatic rings. The van der Waals surface area contributed by atoms with Crippen LogP contribution in [0.5, 0.6) is 0 Å². The Morgan fingerprint density at radius 2 is 1.84 bits per heavy atom. The monoisotopic (exact) mass is 440 g/mol. The van der Waals surface area contributed by atoms with Gasteiger partial charge < -0.3 is 10.2 Å². The van der Waals surface area contributed by atoms with Crippen LogP contribution in [0.3, 0.4) is 0 Å². The number of hydrogen-bond donors (Lipinski definition) is 2. The van der Waals surface area contributed by atoms with Gasteiger partial charge in [-0.2, -0.15) is 15.6 Å². The summed E-state index contributed by atoms with van der Waals surface area (Å²) in [6.45, 7) is 5.52. The Bertz CT molecular complexity index is 1220. The van der Waals surface area contributed by atoms with E-state index in [0.717, 1.165) is 41.7 Å². The zero-order chi connectivity index (χ0) is 21.7. The van der Waals surface area contributed by atoms with Crippen molar-refractivity contribution in [3.8, 4) is 11.3 Å². The molecule has 0 radical (unpaired) electrons. The largest absolute Gasteiger partial charge is 0.355 e. The van der Waals surface area contributed by atoms with E-state index >= 15 is 0 Å². The standard InChI is InChI=1S/C22H22F2N6S/c1-12-19-14(11-17(25-12)30-7-9-31(3)10-8-30)21-20(13(2)28-29-21)27-22(26-19)18-15(23)5-4-6-16(18)24/h4-6,11H,3,7-10H2,1-2H3,(H,26,27)(H,28,29). The first-order chi connectivity index (χ1) is 14.9. The summed E-state index contributed by atoms with van der Waals surface area (Å²) < 4.78 is 29.1. The number of fused-ring (bicyclic) bond motifs is 3. The molecule has 4 heterocycles. The lowest BCUT2D eigenvalue weighted by Crippen LogP contribution is -2.34. The van der Waals surface area contributed by atoms with Gasteiger partial charge in [-0.05, 0) is 32.0 Å². The summed E-state index contributed by atoms with van der Waals surface area (Å²) in [5.74, 6) is 5.86. The topological polar surface area (TPSA) is 69.2 Å². The van der Waals surface area contributed by atoms with E-state index in [-0.39, 0.29) is 21.9 Å². The molecule has 2 aromatic heterocycles. The summed E-state index contributed by atoms with van der Waals surface area (Å²) in [5, 5.41) is 10.6. The van der Waals surface area contributed by atoms with Crippen LogP contribution in [0.25, 0.3) is 11.3 Å². The second kappa shape index (κ2) is 7.56. The second-order valence-electron chi connectivity index (χ2n) is 7.72. The first-order valence-corrected chi connectivity index (χ1v) is 11.7. The van der Waals surface area contributed by atoms with Crippen LogP contribution in [-0.4, -0.2) is 51.5 Å². The van der Waals surface area contributed by atoms with E-state index in [9.17, 15) is 8.78 Å². The summed E-state index contributed by atoms with van der Waals surface area (Å²) in [4.78, 5) is 11.7. The van der Waals surface area contributed by atoms with Crippen LogP contribution in [-0.2, 0) is 0 Å². The van der Waals surface area contributed by atoms with E-state index in [4.69, 9.17) is 4.98 Å². The maximum absolute atomic E-state index is 14.6. The fourth-order valence-corrected chi connectivity index (χ4v) is 5.09. The molecule has 0 saturated carbocycles. The summed E-state index contributed by atoms with van der Waals surface area (Å²) >= 11 is 0. The number of anilines is 2. The summed E-state index contributed by atoms with van der Waals surface area (Å²) in [5.41, 5.74) is 3.86. The lowest BCUT2D eigenvalue weighted by molar-refractivity contribution is 0.579. The molecule has 5 rings (SSSR count). The molecule has 6 nitrogen and oxygen atoms in total. The molecule has 0 amide bonds. The Kier molecular flexibility index (Phi) is 4.85. The van der Waals surface area contributed by atoms with E-state index in [1.807, 2.05) is 19.9 Å². The Balaban J connectivity index is 1.70. The summed E-state index contributed by atoms with van der Waals surface area (Å²) in [6, 6.07) is 5.75. The van der Waals surface area contributed by atoms with Crippen LogP contribution >= 0.6 is 10.5 Å². The molecule has 2 aliphatic heterocycles. The summed E-state index contributed by atoms with van der Waals surface area (Å²) in [7, 11) is 0.202.